The van der Waals surface area contributed by atoms with Gasteiger partial charge in [-0.3, -0.25) is 4.79 Å². The average molecular weight is 217 g/mol. The average Bonchev–Trinajstić information content (AvgIpc) is 2.24. The molecule has 0 aliphatic rings. The number of carbonyl (C=O) groups excluding carboxylic acids is 1. The van der Waals surface area contributed by atoms with Crippen LogP contribution in [0.2, 0.25) is 0 Å². The predicted octanol–water partition coefficient (Wildman–Crippen LogP) is 1.88. The first kappa shape index (κ1) is 12.1. The van der Waals surface area contributed by atoms with E-state index in [-0.39, 0.29) is 12.4 Å². The van der Waals surface area contributed by atoms with Gasteiger partial charge in [-0.15, -0.1) is 0 Å². The second-order valence-electron chi connectivity index (χ2n) is 3.35. The quantitative estimate of drug-likeness (QED) is 0.467. The molecule has 1 aromatic carbocycles. The topological polar surface area (TPSA) is 52.3 Å². The first-order valence-corrected chi connectivity index (χ1v) is 5.14. The first-order chi connectivity index (χ1) is 7.63. The van der Waals surface area contributed by atoms with Gasteiger partial charge in [0.25, 0.3) is 0 Å². The number of ether oxygens (including phenoxy) is 1. The van der Waals surface area contributed by atoms with Crippen molar-refractivity contribution in [1.29, 1.82) is 0 Å². The molecule has 84 valence electrons. The zero-order valence-corrected chi connectivity index (χ0v) is 9.54. The van der Waals surface area contributed by atoms with Crippen molar-refractivity contribution in [1.82, 2.24) is 0 Å². The van der Waals surface area contributed by atoms with Crippen LogP contribution < -0.4 is 5.73 Å². The van der Waals surface area contributed by atoms with Crippen LogP contribution >= 0.6 is 0 Å². The largest absolute Gasteiger partial charge is 0.465 e. The SMILES string of the molecule is CCOC(=O)CC#Cc1ccc(C)c(N)c1. The summed E-state index contributed by atoms with van der Waals surface area (Å²) in [6.45, 7) is 4.09. The molecule has 1 rings (SSSR count). The highest BCUT2D eigenvalue weighted by atomic mass is 16.5. The van der Waals surface area contributed by atoms with Crippen LogP contribution in [0.15, 0.2) is 18.2 Å². The Morgan fingerprint density at radius 3 is 2.88 bits per heavy atom. The predicted molar refractivity (Wildman–Crippen MR) is 63.7 cm³/mol. The van der Waals surface area contributed by atoms with Crippen LogP contribution in [0, 0.1) is 18.8 Å². The summed E-state index contributed by atoms with van der Waals surface area (Å²) in [4.78, 5) is 11.0. The Bertz CT molecular complexity index is 441. The summed E-state index contributed by atoms with van der Waals surface area (Å²) in [5.74, 6) is 5.33. The third-order valence-corrected chi connectivity index (χ3v) is 2.05. The van der Waals surface area contributed by atoms with Gasteiger partial charge >= 0.3 is 5.97 Å². The van der Waals surface area contributed by atoms with E-state index < -0.39 is 0 Å². The number of hydrogen-bond donors (Lipinski definition) is 1. The van der Waals surface area contributed by atoms with Gasteiger partial charge in [-0.05, 0) is 31.5 Å². The molecule has 1 aromatic rings. The number of carbonyl (C=O) groups is 1. The normalized spacial score (nSPS) is 9.12. The van der Waals surface area contributed by atoms with Crippen molar-refractivity contribution < 1.29 is 9.53 Å². The van der Waals surface area contributed by atoms with E-state index in [1.165, 1.54) is 0 Å². The Morgan fingerprint density at radius 1 is 1.50 bits per heavy atom. The van der Waals surface area contributed by atoms with Crippen LogP contribution in [0.3, 0.4) is 0 Å². The zero-order chi connectivity index (χ0) is 12.0. The number of anilines is 1. The van der Waals surface area contributed by atoms with E-state index in [9.17, 15) is 4.79 Å². The molecule has 0 unspecified atom stereocenters. The van der Waals surface area contributed by atoms with Crippen molar-refractivity contribution in [2.24, 2.45) is 0 Å². The van der Waals surface area contributed by atoms with Gasteiger partial charge in [-0.25, -0.2) is 0 Å². The lowest BCUT2D eigenvalue weighted by atomic mass is 10.1. The highest BCUT2D eigenvalue weighted by Crippen LogP contribution is 2.11. The van der Waals surface area contributed by atoms with Crippen LogP contribution in [-0.4, -0.2) is 12.6 Å². The van der Waals surface area contributed by atoms with Crippen molar-refractivity contribution in [3.63, 3.8) is 0 Å². The van der Waals surface area contributed by atoms with Crippen molar-refractivity contribution in [3.8, 4) is 11.8 Å². The molecule has 2 N–H and O–H groups in total. The van der Waals surface area contributed by atoms with Gasteiger partial charge in [0.15, 0.2) is 0 Å². The Hall–Kier alpha value is -1.95. The number of benzene rings is 1. The van der Waals surface area contributed by atoms with Crippen molar-refractivity contribution in [2.75, 3.05) is 12.3 Å². The molecule has 0 amide bonds. The number of rotatable bonds is 2. The van der Waals surface area contributed by atoms with Gasteiger partial charge in [-0.1, -0.05) is 17.9 Å². The lowest BCUT2D eigenvalue weighted by molar-refractivity contribution is -0.141. The first-order valence-electron chi connectivity index (χ1n) is 5.14. The molecule has 0 fully saturated rings. The van der Waals surface area contributed by atoms with Crippen LogP contribution in [-0.2, 0) is 9.53 Å². The maximum atomic E-state index is 11.0. The number of aryl methyl sites for hydroxylation is 1. The van der Waals surface area contributed by atoms with Crippen molar-refractivity contribution in [2.45, 2.75) is 20.3 Å². The van der Waals surface area contributed by atoms with E-state index in [1.807, 2.05) is 19.1 Å². The Morgan fingerprint density at radius 2 is 2.25 bits per heavy atom. The zero-order valence-electron chi connectivity index (χ0n) is 9.54. The number of nitrogen functional groups attached to an aromatic ring is 1. The molecule has 0 bridgehead atoms. The van der Waals surface area contributed by atoms with E-state index in [1.54, 1.807) is 13.0 Å². The molecule has 3 heteroatoms. The molecule has 0 aliphatic carbocycles. The summed E-state index contributed by atoms with van der Waals surface area (Å²) < 4.78 is 4.76. The molecule has 0 atom stereocenters. The fourth-order valence-electron chi connectivity index (χ4n) is 1.15. The van der Waals surface area contributed by atoms with E-state index >= 15 is 0 Å². The third kappa shape index (κ3) is 3.66. The van der Waals surface area contributed by atoms with Crippen molar-refractivity contribution in [3.05, 3.63) is 29.3 Å². The van der Waals surface area contributed by atoms with Gasteiger partial charge in [0.2, 0.25) is 0 Å². The molecule has 0 heterocycles. The summed E-state index contributed by atoms with van der Waals surface area (Å²) >= 11 is 0. The lowest BCUT2D eigenvalue weighted by Gasteiger charge is -1.99. The van der Waals surface area contributed by atoms with E-state index in [4.69, 9.17) is 10.5 Å². The second-order valence-corrected chi connectivity index (χ2v) is 3.35. The van der Waals surface area contributed by atoms with Gasteiger partial charge in [0, 0.05) is 11.3 Å². The van der Waals surface area contributed by atoms with Gasteiger partial charge in [0.05, 0.1) is 6.61 Å². The highest BCUT2D eigenvalue weighted by molar-refractivity contribution is 5.72. The lowest BCUT2D eigenvalue weighted by Crippen LogP contribution is -2.01. The summed E-state index contributed by atoms with van der Waals surface area (Å²) in [5, 5.41) is 0. The maximum Gasteiger partial charge on any atom is 0.317 e. The van der Waals surface area contributed by atoms with Gasteiger partial charge < -0.3 is 10.5 Å². The summed E-state index contributed by atoms with van der Waals surface area (Å²) in [7, 11) is 0. The molecular weight excluding hydrogens is 202 g/mol. The van der Waals surface area contributed by atoms with Gasteiger partial charge in [-0.2, -0.15) is 0 Å². The molecule has 0 aromatic heterocycles. The molecule has 0 spiro atoms. The fourth-order valence-corrected chi connectivity index (χ4v) is 1.15. The number of esters is 1. The van der Waals surface area contributed by atoms with Crippen LogP contribution in [0.4, 0.5) is 5.69 Å². The van der Waals surface area contributed by atoms with E-state index in [0.717, 1.165) is 11.1 Å². The van der Waals surface area contributed by atoms with Crippen molar-refractivity contribution >= 4 is 11.7 Å². The molecule has 16 heavy (non-hydrogen) atoms. The van der Waals surface area contributed by atoms with Crippen LogP contribution in [0.1, 0.15) is 24.5 Å². The molecule has 0 aliphatic heterocycles. The van der Waals surface area contributed by atoms with E-state index in [2.05, 4.69) is 11.8 Å². The Kier molecular flexibility index (Phi) is 4.41. The fraction of sp³-hybridized carbons (Fsp3) is 0.308. The molecular formula is C13H15NO2. The highest BCUT2D eigenvalue weighted by Gasteiger charge is 1.97. The minimum absolute atomic E-state index is 0.113. The number of hydrogen-bond acceptors (Lipinski definition) is 3. The molecule has 0 radical (unpaired) electrons. The summed E-state index contributed by atoms with van der Waals surface area (Å²) in [6.07, 6.45) is 0.113. The Labute approximate surface area is 95.6 Å². The molecule has 0 saturated heterocycles. The molecule has 3 nitrogen and oxygen atoms in total. The maximum absolute atomic E-state index is 11.0. The van der Waals surface area contributed by atoms with Crippen LogP contribution in [0.25, 0.3) is 0 Å². The summed E-state index contributed by atoms with van der Waals surface area (Å²) in [6, 6.07) is 5.58. The standard InChI is InChI=1S/C13H15NO2/c1-3-16-13(15)6-4-5-11-8-7-10(2)12(14)9-11/h7-9H,3,6,14H2,1-2H3. The molecule has 0 saturated carbocycles. The second kappa shape index (κ2) is 5.82. The Balaban J connectivity index is 2.63. The monoisotopic (exact) mass is 217 g/mol. The third-order valence-electron chi connectivity index (χ3n) is 2.05. The van der Waals surface area contributed by atoms with Gasteiger partial charge in [0.1, 0.15) is 6.42 Å². The van der Waals surface area contributed by atoms with E-state index in [0.29, 0.717) is 12.3 Å². The van der Waals surface area contributed by atoms with Crippen LogP contribution in [0.5, 0.6) is 0 Å². The minimum Gasteiger partial charge on any atom is -0.465 e. The number of nitrogens with two attached hydrogens (primary N) is 1. The summed E-state index contributed by atoms with van der Waals surface area (Å²) in [5.41, 5.74) is 8.29. The smallest absolute Gasteiger partial charge is 0.317 e. The minimum atomic E-state index is -0.296.